The molecule has 138 valence electrons. The summed E-state index contributed by atoms with van der Waals surface area (Å²) in [6.45, 7) is 5.52. The van der Waals surface area contributed by atoms with Crippen molar-refractivity contribution in [3.8, 4) is 6.01 Å². The number of hydrogen-bond donors (Lipinski definition) is 1. The van der Waals surface area contributed by atoms with E-state index in [1.54, 1.807) is 0 Å². The second-order valence-corrected chi connectivity index (χ2v) is 6.70. The van der Waals surface area contributed by atoms with Gasteiger partial charge in [0.15, 0.2) is 0 Å². The number of aliphatic carboxylic acids is 1. The molecule has 27 heavy (non-hydrogen) atoms. The van der Waals surface area contributed by atoms with Gasteiger partial charge >= 0.3 is 12.0 Å². The Morgan fingerprint density at radius 1 is 0.926 bits per heavy atom. The minimum Gasteiger partial charge on any atom is -0.478 e. The normalized spacial score (nSPS) is 12.4. The van der Waals surface area contributed by atoms with Crippen molar-refractivity contribution in [2.45, 2.75) is 32.3 Å². The largest absolute Gasteiger partial charge is 0.478 e. The molecular formula is C22H22N2O3. The molecule has 0 fully saturated rings. The number of aryl methyl sites for hydroxylation is 2. The van der Waals surface area contributed by atoms with Crippen LogP contribution in [0.3, 0.4) is 0 Å². The van der Waals surface area contributed by atoms with Gasteiger partial charge < -0.3 is 9.84 Å². The van der Waals surface area contributed by atoms with E-state index < -0.39 is 17.5 Å². The predicted molar refractivity (Wildman–Crippen MR) is 103 cm³/mol. The van der Waals surface area contributed by atoms with Gasteiger partial charge in [0.25, 0.3) is 0 Å². The lowest BCUT2D eigenvalue weighted by atomic mass is 9.72. The van der Waals surface area contributed by atoms with Crippen molar-refractivity contribution < 1.29 is 14.6 Å². The van der Waals surface area contributed by atoms with Gasteiger partial charge in [-0.3, -0.25) is 0 Å². The molecule has 5 heteroatoms. The third-order valence-corrected chi connectivity index (χ3v) is 4.68. The van der Waals surface area contributed by atoms with Crippen molar-refractivity contribution in [3.05, 3.63) is 89.2 Å². The number of carboxylic acids is 1. The van der Waals surface area contributed by atoms with Crippen LogP contribution in [0.1, 0.15) is 29.4 Å². The molecule has 0 unspecified atom stereocenters. The van der Waals surface area contributed by atoms with Gasteiger partial charge in [0.2, 0.25) is 6.10 Å². The van der Waals surface area contributed by atoms with Crippen LogP contribution in [0.25, 0.3) is 0 Å². The Kier molecular flexibility index (Phi) is 5.21. The van der Waals surface area contributed by atoms with Gasteiger partial charge in [-0.25, -0.2) is 14.8 Å². The van der Waals surface area contributed by atoms with Crippen LogP contribution in [0, 0.1) is 13.8 Å². The molecule has 2 aromatic carbocycles. The molecule has 0 bridgehead atoms. The molecule has 0 saturated carbocycles. The molecule has 0 spiro atoms. The van der Waals surface area contributed by atoms with E-state index in [-0.39, 0.29) is 6.01 Å². The zero-order chi connectivity index (χ0) is 19.4. The van der Waals surface area contributed by atoms with Crippen LogP contribution >= 0.6 is 0 Å². The minimum atomic E-state index is -1.21. The molecular weight excluding hydrogens is 340 g/mol. The monoisotopic (exact) mass is 362 g/mol. The minimum absolute atomic E-state index is 0.0676. The maximum Gasteiger partial charge on any atom is 0.346 e. The van der Waals surface area contributed by atoms with E-state index in [9.17, 15) is 9.90 Å². The molecule has 3 rings (SSSR count). The summed E-state index contributed by atoms with van der Waals surface area (Å²) < 4.78 is 5.89. The van der Waals surface area contributed by atoms with Gasteiger partial charge in [-0.1, -0.05) is 60.7 Å². The summed E-state index contributed by atoms with van der Waals surface area (Å²) in [7, 11) is 0. The number of aromatic nitrogens is 2. The molecule has 0 aliphatic rings. The van der Waals surface area contributed by atoms with Crippen LogP contribution < -0.4 is 4.74 Å². The first-order chi connectivity index (χ1) is 12.9. The smallest absolute Gasteiger partial charge is 0.346 e. The Morgan fingerprint density at radius 2 is 1.37 bits per heavy atom. The van der Waals surface area contributed by atoms with Gasteiger partial charge in [0, 0.05) is 11.4 Å². The Hall–Kier alpha value is -3.21. The second kappa shape index (κ2) is 7.58. The number of ether oxygens (including phenoxy) is 1. The molecule has 3 aromatic rings. The highest BCUT2D eigenvalue weighted by Crippen LogP contribution is 2.37. The van der Waals surface area contributed by atoms with Crippen LogP contribution in [0.5, 0.6) is 6.01 Å². The van der Waals surface area contributed by atoms with Crippen LogP contribution in [-0.4, -0.2) is 27.1 Å². The average molecular weight is 362 g/mol. The summed E-state index contributed by atoms with van der Waals surface area (Å²) in [5.41, 5.74) is 2.20. The molecule has 1 N–H and O–H groups in total. The average Bonchev–Trinajstić information content (AvgIpc) is 2.66. The fourth-order valence-electron chi connectivity index (χ4n) is 3.31. The highest BCUT2D eigenvalue weighted by molar-refractivity contribution is 5.76. The molecule has 0 aliphatic heterocycles. The molecule has 1 atom stereocenters. The summed E-state index contributed by atoms with van der Waals surface area (Å²) >= 11 is 0. The molecule has 0 aliphatic carbocycles. The lowest BCUT2D eigenvalue weighted by Crippen LogP contribution is -2.47. The molecule has 0 radical (unpaired) electrons. The number of carboxylic acid groups (broad SMARTS) is 1. The zero-order valence-electron chi connectivity index (χ0n) is 15.6. The summed E-state index contributed by atoms with van der Waals surface area (Å²) in [5.74, 6) is -1.08. The number of rotatable bonds is 6. The van der Waals surface area contributed by atoms with Crippen LogP contribution in [0.15, 0.2) is 66.7 Å². The summed E-state index contributed by atoms with van der Waals surface area (Å²) in [6, 6.07) is 20.9. The van der Waals surface area contributed by atoms with E-state index in [2.05, 4.69) is 9.97 Å². The van der Waals surface area contributed by atoms with Crippen molar-refractivity contribution >= 4 is 5.97 Å². The van der Waals surface area contributed by atoms with Crippen molar-refractivity contribution in [3.63, 3.8) is 0 Å². The maximum atomic E-state index is 12.3. The predicted octanol–water partition coefficient (Wildman–Crippen LogP) is 3.93. The fraction of sp³-hybridized carbons (Fsp3) is 0.227. The maximum absolute atomic E-state index is 12.3. The van der Waals surface area contributed by atoms with Gasteiger partial charge in [-0.05, 0) is 38.0 Å². The van der Waals surface area contributed by atoms with Gasteiger partial charge in [0.05, 0.1) is 5.41 Å². The Balaban J connectivity index is 2.14. The number of benzene rings is 2. The van der Waals surface area contributed by atoms with Crippen molar-refractivity contribution in [1.29, 1.82) is 0 Å². The zero-order valence-corrected chi connectivity index (χ0v) is 15.6. The van der Waals surface area contributed by atoms with E-state index in [1.807, 2.05) is 87.5 Å². The fourth-order valence-corrected chi connectivity index (χ4v) is 3.31. The number of carbonyl (C=O) groups is 1. The van der Waals surface area contributed by atoms with Crippen LogP contribution in [-0.2, 0) is 10.2 Å². The van der Waals surface area contributed by atoms with E-state index in [1.165, 1.54) is 0 Å². The summed E-state index contributed by atoms with van der Waals surface area (Å²) in [4.78, 5) is 20.8. The SMILES string of the molecule is Cc1cc(C)nc(O[C@@H](C(=O)O)C(C)(c2ccccc2)c2ccccc2)n1. The van der Waals surface area contributed by atoms with Gasteiger partial charge in [-0.15, -0.1) is 0 Å². The van der Waals surface area contributed by atoms with E-state index in [0.29, 0.717) is 0 Å². The Morgan fingerprint density at radius 3 is 1.78 bits per heavy atom. The Bertz CT molecular complexity index is 867. The van der Waals surface area contributed by atoms with E-state index in [4.69, 9.17) is 4.74 Å². The van der Waals surface area contributed by atoms with Crippen LogP contribution in [0.4, 0.5) is 0 Å². The highest BCUT2D eigenvalue weighted by Gasteiger charge is 2.44. The highest BCUT2D eigenvalue weighted by atomic mass is 16.5. The molecule has 0 amide bonds. The van der Waals surface area contributed by atoms with Gasteiger partial charge in [-0.2, -0.15) is 0 Å². The number of hydrogen-bond acceptors (Lipinski definition) is 4. The topological polar surface area (TPSA) is 72.3 Å². The van der Waals surface area contributed by atoms with Crippen LogP contribution in [0.2, 0.25) is 0 Å². The molecule has 5 nitrogen and oxygen atoms in total. The first-order valence-corrected chi connectivity index (χ1v) is 8.74. The van der Waals surface area contributed by atoms with Crippen molar-refractivity contribution in [2.75, 3.05) is 0 Å². The first kappa shape index (κ1) is 18.6. The Labute approximate surface area is 158 Å². The van der Waals surface area contributed by atoms with Gasteiger partial charge in [0.1, 0.15) is 0 Å². The third-order valence-electron chi connectivity index (χ3n) is 4.68. The molecule has 1 aromatic heterocycles. The van der Waals surface area contributed by atoms with E-state index in [0.717, 1.165) is 22.5 Å². The first-order valence-electron chi connectivity index (χ1n) is 8.74. The summed E-state index contributed by atoms with van der Waals surface area (Å²) in [6.07, 6.45) is -1.21. The van der Waals surface area contributed by atoms with Crippen molar-refractivity contribution in [2.24, 2.45) is 0 Å². The van der Waals surface area contributed by atoms with E-state index >= 15 is 0 Å². The third kappa shape index (κ3) is 3.82. The second-order valence-electron chi connectivity index (χ2n) is 6.70. The lowest BCUT2D eigenvalue weighted by Gasteiger charge is -2.35. The standard InChI is InChI=1S/C22H22N2O3/c1-15-14-16(2)24-21(23-15)27-19(20(25)26)22(3,17-10-6-4-7-11-17)18-12-8-5-9-13-18/h4-14,19H,1-3H3,(H,25,26)/t19-/m0/s1. The lowest BCUT2D eigenvalue weighted by molar-refractivity contribution is -0.148. The summed E-state index contributed by atoms with van der Waals surface area (Å²) in [5, 5.41) is 10.1. The number of nitrogens with zero attached hydrogens (tertiary/aromatic N) is 2. The quantitative estimate of drug-likeness (QED) is 0.719. The van der Waals surface area contributed by atoms with Crippen molar-refractivity contribution in [1.82, 2.24) is 9.97 Å². The molecule has 1 heterocycles. The molecule has 0 saturated heterocycles.